The van der Waals surface area contributed by atoms with Gasteiger partial charge in [0.05, 0.1) is 28.8 Å². The summed E-state index contributed by atoms with van der Waals surface area (Å²) in [6, 6.07) is 14.4. The summed E-state index contributed by atoms with van der Waals surface area (Å²) in [6.07, 6.45) is 0. The number of aromatic carboxylic acids is 1. The summed E-state index contributed by atoms with van der Waals surface area (Å²) in [5.41, 5.74) is 8.37. The molecule has 202 valence electrons. The molecule has 6 N–H and O–H groups in total. The molecule has 0 saturated carbocycles. The number of fused-ring (bicyclic) bond motifs is 1. The van der Waals surface area contributed by atoms with E-state index in [0.29, 0.717) is 46.7 Å². The van der Waals surface area contributed by atoms with Crippen molar-refractivity contribution in [3.05, 3.63) is 71.3 Å². The number of amides is 2. The van der Waals surface area contributed by atoms with Gasteiger partial charge in [-0.25, -0.2) is 9.78 Å². The second-order valence-corrected chi connectivity index (χ2v) is 10.3. The maximum absolute atomic E-state index is 13.5. The number of nitrogens with one attached hydrogen (secondary N) is 3. The minimum Gasteiger partial charge on any atom is -0.494 e. The van der Waals surface area contributed by atoms with Crippen molar-refractivity contribution in [3.8, 4) is 16.9 Å². The Morgan fingerprint density at radius 3 is 2.38 bits per heavy atom. The third-order valence-corrected chi connectivity index (χ3v) is 5.89. The molecule has 1 aromatic heterocycles. The van der Waals surface area contributed by atoms with Gasteiger partial charge in [-0.15, -0.1) is 0 Å². The predicted octanol–water partition coefficient (Wildman–Crippen LogP) is 4.94. The first-order valence-electron chi connectivity index (χ1n) is 12.4. The summed E-state index contributed by atoms with van der Waals surface area (Å²) >= 11 is 0. The van der Waals surface area contributed by atoms with E-state index in [-0.39, 0.29) is 34.0 Å². The van der Waals surface area contributed by atoms with Crippen molar-refractivity contribution in [2.75, 3.05) is 24.2 Å². The monoisotopic (exact) mass is 529 g/mol. The van der Waals surface area contributed by atoms with Crippen LogP contribution in [0, 0.1) is 5.41 Å². The highest BCUT2D eigenvalue weighted by Crippen LogP contribution is 2.32. The first-order valence-corrected chi connectivity index (χ1v) is 12.4. The molecular weight excluding hydrogens is 498 g/mol. The number of benzene rings is 3. The van der Waals surface area contributed by atoms with Crippen LogP contribution in [0.5, 0.6) is 5.75 Å². The van der Waals surface area contributed by atoms with Crippen molar-refractivity contribution in [2.24, 2.45) is 5.41 Å². The van der Waals surface area contributed by atoms with Crippen LogP contribution in [-0.4, -0.2) is 46.0 Å². The van der Waals surface area contributed by atoms with E-state index in [1.54, 1.807) is 48.5 Å². The van der Waals surface area contributed by atoms with Crippen molar-refractivity contribution in [3.63, 3.8) is 0 Å². The molecule has 10 heteroatoms. The van der Waals surface area contributed by atoms with Crippen LogP contribution in [0.15, 0.2) is 54.6 Å². The van der Waals surface area contributed by atoms with Gasteiger partial charge in [-0.2, -0.15) is 0 Å². The average Bonchev–Trinajstić information content (AvgIpc) is 3.26. The largest absolute Gasteiger partial charge is 0.494 e. The lowest BCUT2D eigenvalue weighted by molar-refractivity contribution is 0.0697. The topological polar surface area (TPSA) is 159 Å². The lowest BCUT2D eigenvalue weighted by Crippen LogP contribution is -2.32. The molecule has 0 fully saturated rings. The minimum absolute atomic E-state index is 0.106. The van der Waals surface area contributed by atoms with Gasteiger partial charge in [-0.1, -0.05) is 26.8 Å². The zero-order valence-corrected chi connectivity index (χ0v) is 22.2. The van der Waals surface area contributed by atoms with Crippen molar-refractivity contribution in [2.45, 2.75) is 27.7 Å². The van der Waals surface area contributed by atoms with E-state index in [0.717, 1.165) is 0 Å². The number of carboxylic acid groups (broad SMARTS) is 1. The number of rotatable bonds is 8. The number of anilines is 2. The number of hydrogen-bond acceptors (Lipinski definition) is 6. The van der Waals surface area contributed by atoms with Crippen molar-refractivity contribution < 1.29 is 24.2 Å². The van der Waals surface area contributed by atoms with E-state index in [9.17, 15) is 19.5 Å². The number of nitrogens with zero attached hydrogens (tertiary/aromatic N) is 1. The van der Waals surface area contributed by atoms with Gasteiger partial charge in [-0.3, -0.25) is 9.59 Å². The van der Waals surface area contributed by atoms with Crippen LogP contribution >= 0.6 is 0 Å². The second-order valence-electron chi connectivity index (χ2n) is 10.3. The highest BCUT2D eigenvalue weighted by Gasteiger charge is 2.22. The van der Waals surface area contributed by atoms with Gasteiger partial charge in [0.1, 0.15) is 5.75 Å². The first kappa shape index (κ1) is 27.2. The Hall–Kier alpha value is -4.86. The zero-order chi connectivity index (χ0) is 28.3. The molecule has 0 atom stereocenters. The third-order valence-electron chi connectivity index (χ3n) is 5.89. The van der Waals surface area contributed by atoms with Crippen LogP contribution in [0.1, 0.15) is 58.8 Å². The maximum atomic E-state index is 13.5. The van der Waals surface area contributed by atoms with Crippen molar-refractivity contribution in [1.29, 1.82) is 0 Å². The average molecular weight is 530 g/mol. The van der Waals surface area contributed by atoms with Crippen LogP contribution in [0.3, 0.4) is 0 Å². The molecule has 3 aromatic carbocycles. The number of imidazole rings is 1. The van der Waals surface area contributed by atoms with Crippen LogP contribution in [0.2, 0.25) is 0 Å². The lowest BCUT2D eigenvalue weighted by Gasteiger charge is -2.19. The Balaban J connectivity index is 1.73. The number of carbonyl (C=O) groups excluding carboxylic acids is 2. The van der Waals surface area contributed by atoms with Gasteiger partial charge >= 0.3 is 5.97 Å². The number of aromatic amines is 1. The van der Waals surface area contributed by atoms with Crippen LogP contribution in [0.25, 0.3) is 22.2 Å². The summed E-state index contributed by atoms with van der Waals surface area (Å²) in [6.45, 7) is 8.60. The fourth-order valence-corrected chi connectivity index (χ4v) is 4.05. The van der Waals surface area contributed by atoms with Gasteiger partial charge in [0.25, 0.3) is 11.8 Å². The van der Waals surface area contributed by atoms with E-state index < -0.39 is 11.9 Å². The quantitative estimate of drug-likeness (QED) is 0.216. The Morgan fingerprint density at radius 1 is 0.974 bits per heavy atom. The number of nitrogens with two attached hydrogens (primary N) is 1. The number of aromatic nitrogens is 2. The number of carbonyl (C=O) groups is 3. The van der Waals surface area contributed by atoms with Gasteiger partial charge in [-0.05, 0) is 72.0 Å². The number of hydrogen-bond donors (Lipinski definition) is 5. The Morgan fingerprint density at radius 2 is 1.69 bits per heavy atom. The zero-order valence-electron chi connectivity index (χ0n) is 22.2. The lowest BCUT2D eigenvalue weighted by atomic mass is 9.92. The summed E-state index contributed by atoms with van der Waals surface area (Å²) in [4.78, 5) is 45.6. The molecule has 1 heterocycles. The second kappa shape index (κ2) is 10.9. The Kier molecular flexibility index (Phi) is 7.57. The molecule has 0 saturated heterocycles. The standard InChI is InChI=1S/C29H31N5O5/c1-5-39-18-8-10-19(20-9-6-16(12-22(20)27(37)38)25(35)31-15-29(2,3)4)21(14-18)26(36)32-17-7-11-23-24(13-17)34-28(30)33-23/h6-14H,5,15H2,1-4H3,(H,31,35)(H,32,36)(H,37,38)(H3,30,33,34). The molecule has 0 aliphatic heterocycles. The molecule has 10 nitrogen and oxygen atoms in total. The van der Waals surface area contributed by atoms with Crippen LogP contribution < -0.4 is 21.1 Å². The summed E-state index contributed by atoms with van der Waals surface area (Å²) in [5.74, 6) is -1.35. The highest BCUT2D eigenvalue weighted by molar-refractivity contribution is 6.11. The van der Waals surface area contributed by atoms with E-state index in [1.165, 1.54) is 6.07 Å². The van der Waals surface area contributed by atoms with Gasteiger partial charge < -0.3 is 31.2 Å². The molecule has 0 unspecified atom stereocenters. The molecule has 0 aliphatic carbocycles. The first-order chi connectivity index (χ1) is 18.4. The third kappa shape index (κ3) is 6.35. The smallest absolute Gasteiger partial charge is 0.336 e. The normalized spacial score (nSPS) is 11.3. The number of carboxylic acids is 1. The predicted molar refractivity (Wildman–Crippen MR) is 150 cm³/mol. The number of nitrogen functional groups attached to an aromatic ring is 1. The highest BCUT2D eigenvalue weighted by atomic mass is 16.5. The molecule has 4 rings (SSSR count). The fourth-order valence-electron chi connectivity index (χ4n) is 4.05. The molecular formula is C29H31N5O5. The maximum Gasteiger partial charge on any atom is 0.336 e. The van der Waals surface area contributed by atoms with Crippen molar-refractivity contribution >= 4 is 40.5 Å². The molecule has 4 aromatic rings. The molecule has 0 spiro atoms. The molecule has 0 radical (unpaired) electrons. The summed E-state index contributed by atoms with van der Waals surface area (Å²) in [7, 11) is 0. The van der Waals surface area contributed by atoms with Gasteiger partial charge in [0.15, 0.2) is 5.95 Å². The van der Waals surface area contributed by atoms with Gasteiger partial charge in [0, 0.05) is 17.8 Å². The molecule has 2 amide bonds. The summed E-state index contributed by atoms with van der Waals surface area (Å²) < 4.78 is 5.60. The minimum atomic E-state index is -1.22. The fraction of sp³-hybridized carbons (Fsp3) is 0.241. The van der Waals surface area contributed by atoms with E-state index in [2.05, 4.69) is 20.6 Å². The van der Waals surface area contributed by atoms with E-state index >= 15 is 0 Å². The molecule has 0 bridgehead atoms. The van der Waals surface area contributed by atoms with Crippen LogP contribution in [0.4, 0.5) is 11.6 Å². The SMILES string of the molecule is CCOc1ccc(-c2ccc(C(=O)NCC(C)(C)C)cc2C(=O)O)c(C(=O)Nc2ccc3nc(N)[nH]c3c2)c1. The molecule has 0 aliphatic rings. The molecule has 39 heavy (non-hydrogen) atoms. The summed E-state index contributed by atoms with van der Waals surface area (Å²) in [5, 5.41) is 15.7. The Bertz CT molecular complexity index is 1570. The van der Waals surface area contributed by atoms with Crippen molar-refractivity contribution in [1.82, 2.24) is 15.3 Å². The number of ether oxygens (including phenoxy) is 1. The number of H-pyrrole nitrogens is 1. The van der Waals surface area contributed by atoms with Crippen LogP contribution in [-0.2, 0) is 0 Å². The van der Waals surface area contributed by atoms with E-state index in [1.807, 2.05) is 27.7 Å². The Labute approximate surface area is 225 Å². The van der Waals surface area contributed by atoms with Gasteiger partial charge in [0.2, 0.25) is 0 Å². The van der Waals surface area contributed by atoms with E-state index in [4.69, 9.17) is 10.5 Å².